The van der Waals surface area contributed by atoms with Gasteiger partial charge in [0.25, 0.3) is 0 Å². The Labute approximate surface area is 118 Å². The lowest BCUT2D eigenvalue weighted by Gasteiger charge is -2.39. The average Bonchev–Trinajstić information content (AvgIpc) is 2.75. The third kappa shape index (κ3) is 1.93. The quantitative estimate of drug-likeness (QED) is 0.743. The maximum atomic E-state index is 6.23. The van der Waals surface area contributed by atoms with E-state index in [-0.39, 0.29) is 5.60 Å². The van der Waals surface area contributed by atoms with Gasteiger partial charge >= 0.3 is 0 Å². The SMILES string of the molecule is CC1=c2c(C)cccc2=CC1(O[SiH3])C1CCCCC1. The minimum Gasteiger partial charge on any atom is -0.415 e. The number of hydrogen-bond donors (Lipinski definition) is 0. The fourth-order valence-corrected chi connectivity index (χ4v) is 4.95. The highest BCUT2D eigenvalue weighted by atomic mass is 28.2. The third-order valence-corrected chi connectivity index (χ3v) is 5.86. The van der Waals surface area contributed by atoms with Gasteiger partial charge in [0.05, 0.1) is 5.60 Å². The molecule has 2 heteroatoms. The molecule has 0 N–H and O–H groups in total. The van der Waals surface area contributed by atoms with Crippen LogP contribution in [0.25, 0.3) is 11.6 Å². The Hall–Kier alpha value is -0.863. The molecule has 2 aliphatic rings. The van der Waals surface area contributed by atoms with Crippen LogP contribution >= 0.6 is 0 Å². The minimum atomic E-state index is -0.0823. The molecule has 0 aliphatic heterocycles. The van der Waals surface area contributed by atoms with Crippen molar-refractivity contribution in [2.24, 2.45) is 5.92 Å². The van der Waals surface area contributed by atoms with Gasteiger partial charge in [-0.2, -0.15) is 0 Å². The molecule has 1 nitrogen and oxygen atoms in total. The van der Waals surface area contributed by atoms with Gasteiger partial charge in [-0.1, -0.05) is 37.5 Å². The number of benzene rings is 1. The van der Waals surface area contributed by atoms with Gasteiger partial charge in [-0.05, 0) is 60.3 Å². The molecule has 19 heavy (non-hydrogen) atoms. The molecular weight excluding hydrogens is 248 g/mol. The molecule has 0 aromatic heterocycles. The second kappa shape index (κ2) is 4.91. The van der Waals surface area contributed by atoms with Crippen molar-refractivity contribution in [2.45, 2.75) is 51.6 Å². The highest BCUT2D eigenvalue weighted by molar-refractivity contribution is 6.00. The molecule has 1 atom stereocenters. The van der Waals surface area contributed by atoms with Crippen LogP contribution in [0.15, 0.2) is 18.2 Å². The number of rotatable bonds is 2. The van der Waals surface area contributed by atoms with Crippen LogP contribution in [0.5, 0.6) is 0 Å². The minimum absolute atomic E-state index is 0.0823. The summed E-state index contributed by atoms with van der Waals surface area (Å²) in [6.07, 6.45) is 9.21. The van der Waals surface area contributed by atoms with Crippen molar-refractivity contribution in [2.75, 3.05) is 0 Å². The molecule has 1 unspecified atom stereocenters. The predicted octanol–water partition coefficient (Wildman–Crippen LogP) is 1.58. The van der Waals surface area contributed by atoms with E-state index in [2.05, 4.69) is 38.1 Å². The Kier molecular flexibility index (Phi) is 3.40. The topological polar surface area (TPSA) is 9.23 Å². The van der Waals surface area contributed by atoms with Crippen LogP contribution in [0, 0.1) is 12.8 Å². The second-order valence-corrected chi connectivity index (χ2v) is 6.55. The maximum absolute atomic E-state index is 6.23. The number of aryl methyl sites for hydroxylation is 1. The zero-order valence-corrected chi connectivity index (χ0v) is 14.3. The number of hydrogen-bond acceptors (Lipinski definition) is 1. The van der Waals surface area contributed by atoms with Crippen LogP contribution in [0.2, 0.25) is 0 Å². The molecule has 102 valence electrons. The van der Waals surface area contributed by atoms with E-state index in [1.54, 1.807) is 0 Å². The van der Waals surface area contributed by atoms with Gasteiger partial charge in [0.1, 0.15) is 10.5 Å². The van der Waals surface area contributed by atoms with Crippen molar-refractivity contribution in [3.05, 3.63) is 34.2 Å². The smallest absolute Gasteiger partial charge is 0.147 e. The zero-order chi connectivity index (χ0) is 13.5. The molecule has 1 aromatic rings. The van der Waals surface area contributed by atoms with Gasteiger partial charge < -0.3 is 4.43 Å². The molecule has 0 amide bonds. The third-order valence-electron chi connectivity index (χ3n) is 5.19. The molecule has 3 rings (SSSR count). The Bertz CT molecular complexity index is 598. The van der Waals surface area contributed by atoms with E-state index in [1.165, 1.54) is 53.7 Å². The van der Waals surface area contributed by atoms with Crippen LogP contribution in [0.3, 0.4) is 0 Å². The summed E-state index contributed by atoms with van der Waals surface area (Å²) in [5.41, 5.74) is 2.77. The van der Waals surface area contributed by atoms with Crippen molar-refractivity contribution in [1.29, 1.82) is 0 Å². The summed E-state index contributed by atoms with van der Waals surface area (Å²) in [7, 11) is 0.806. The van der Waals surface area contributed by atoms with Crippen LogP contribution in [0.1, 0.15) is 44.6 Å². The van der Waals surface area contributed by atoms with Crippen molar-refractivity contribution < 1.29 is 4.43 Å². The van der Waals surface area contributed by atoms with Crippen LogP contribution in [0.4, 0.5) is 0 Å². The first kappa shape index (κ1) is 13.1. The molecule has 1 aromatic carbocycles. The Morgan fingerprint density at radius 3 is 2.53 bits per heavy atom. The molecule has 2 aliphatic carbocycles. The lowest BCUT2D eigenvalue weighted by molar-refractivity contribution is 0.111. The van der Waals surface area contributed by atoms with Gasteiger partial charge in [0, 0.05) is 0 Å². The summed E-state index contributed by atoms with van der Waals surface area (Å²) in [6, 6.07) is 6.64. The Morgan fingerprint density at radius 2 is 1.89 bits per heavy atom. The Balaban J connectivity index is 2.17. The first-order valence-electron chi connectivity index (χ1n) is 7.54. The largest absolute Gasteiger partial charge is 0.415 e. The summed E-state index contributed by atoms with van der Waals surface area (Å²) < 4.78 is 6.23. The van der Waals surface area contributed by atoms with Gasteiger partial charge in [-0.15, -0.1) is 0 Å². The maximum Gasteiger partial charge on any atom is 0.147 e. The van der Waals surface area contributed by atoms with Crippen molar-refractivity contribution >= 4 is 22.1 Å². The number of fused-ring (bicyclic) bond motifs is 1. The standard InChI is InChI=1S/C17H24OSi/c1-12-7-6-8-14-11-17(18-19,13(2)16(12)14)15-9-4-3-5-10-15/h6-8,11,15H,3-5,9-10H2,1-2,19H3. The van der Waals surface area contributed by atoms with Crippen LogP contribution < -0.4 is 10.4 Å². The van der Waals surface area contributed by atoms with Gasteiger partial charge in [0.2, 0.25) is 0 Å². The summed E-state index contributed by atoms with van der Waals surface area (Å²) in [6.45, 7) is 4.52. The molecule has 0 saturated heterocycles. The van der Waals surface area contributed by atoms with Gasteiger partial charge in [-0.25, -0.2) is 0 Å². The van der Waals surface area contributed by atoms with E-state index in [9.17, 15) is 0 Å². The zero-order valence-electron chi connectivity index (χ0n) is 12.3. The van der Waals surface area contributed by atoms with Crippen molar-refractivity contribution in [3.63, 3.8) is 0 Å². The van der Waals surface area contributed by atoms with Gasteiger partial charge in [-0.3, -0.25) is 0 Å². The molecular formula is C17H24OSi. The highest BCUT2D eigenvalue weighted by Crippen LogP contribution is 2.41. The lowest BCUT2D eigenvalue weighted by Crippen LogP contribution is -2.39. The molecule has 0 radical (unpaired) electrons. The predicted molar refractivity (Wildman–Crippen MR) is 84.3 cm³/mol. The van der Waals surface area contributed by atoms with E-state index in [0.717, 1.165) is 10.5 Å². The summed E-state index contributed by atoms with van der Waals surface area (Å²) in [5, 5.41) is 2.84. The summed E-state index contributed by atoms with van der Waals surface area (Å²) in [4.78, 5) is 0. The summed E-state index contributed by atoms with van der Waals surface area (Å²) >= 11 is 0. The first-order chi connectivity index (χ1) is 9.19. The van der Waals surface area contributed by atoms with Crippen molar-refractivity contribution in [3.8, 4) is 0 Å². The van der Waals surface area contributed by atoms with E-state index < -0.39 is 0 Å². The monoisotopic (exact) mass is 272 g/mol. The molecule has 0 heterocycles. The molecule has 1 saturated carbocycles. The fraction of sp³-hybridized carbons (Fsp3) is 0.529. The van der Waals surface area contributed by atoms with Crippen molar-refractivity contribution in [1.82, 2.24) is 0 Å². The normalized spacial score (nSPS) is 27.4. The highest BCUT2D eigenvalue weighted by Gasteiger charge is 2.41. The first-order valence-corrected chi connectivity index (χ1v) is 8.36. The Morgan fingerprint density at radius 1 is 1.16 bits per heavy atom. The van der Waals surface area contributed by atoms with Crippen LogP contribution in [-0.2, 0) is 4.43 Å². The van der Waals surface area contributed by atoms with E-state index in [4.69, 9.17) is 4.43 Å². The van der Waals surface area contributed by atoms with Crippen LogP contribution in [-0.4, -0.2) is 16.1 Å². The van der Waals surface area contributed by atoms with E-state index in [1.807, 2.05) is 0 Å². The van der Waals surface area contributed by atoms with E-state index in [0.29, 0.717) is 5.92 Å². The molecule has 0 bridgehead atoms. The fourth-order valence-electron chi connectivity index (χ4n) is 4.19. The lowest BCUT2D eigenvalue weighted by atomic mass is 9.74. The molecule has 1 fully saturated rings. The van der Waals surface area contributed by atoms with Gasteiger partial charge in [0.15, 0.2) is 0 Å². The average molecular weight is 272 g/mol. The molecule has 0 spiro atoms. The second-order valence-electron chi connectivity index (χ2n) is 6.14. The summed E-state index contributed by atoms with van der Waals surface area (Å²) in [5.74, 6) is 0.686. The van der Waals surface area contributed by atoms with E-state index >= 15 is 0 Å².